The van der Waals surface area contributed by atoms with E-state index >= 15 is 0 Å². The predicted octanol–water partition coefficient (Wildman–Crippen LogP) is 2.98. The second-order valence-electron chi connectivity index (χ2n) is 7.73. The minimum absolute atomic E-state index is 0.0920. The number of rotatable bonds is 12. The van der Waals surface area contributed by atoms with Crippen molar-refractivity contribution in [1.29, 1.82) is 0 Å². The van der Waals surface area contributed by atoms with E-state index < -0.39 is 18.0 Å². The number of carbonyl (C=O) groups excluding carboxylic acids is 3. The number of amides is 2. The van der Waals surface area contributed by atoms with Crippen molar-refractivity contribution in [2.75, 3.05) is 14.2 Å². The van der Waals surface area contributed by atoms with Gasteiger partial charge in [0.05, 0.1) is 20.3 Å². The molecule has 1 aromatic carbocycles. The molecule has 166 valence electrons. The van der Waals surface area contributed by atoms with Crippen LogP contribution < -0.4 is 20.1 Å². The number of ether oxygens (including phenoxy) is 2. The number of hydrogen-bond acceptors (Lipinski definition) is 5. The van der Waals surface area contributed by atoms with Crippen LogP contribution in [0, 0.1) is 11.8 Å². The van der Waals surface area contributed by atoms with E-state index in [2.05, 4.69) is 10.6 Å². The molecule has 7 heteroatoms. The third-order valence-corrected chi connectivity index (χ3v) is 4.81. The molecule has 0 aliphatic heterocycles. The molecule has 0 saturated heterocycles. The molecule has 0 saturated carbocycles. The molecule has 1 aromatic rings. The first-order valence-electron chi connectivity index (χ1n) is 10.2. The third-order valence-electron chi connectivity index (χ3n) is 4.81. The van der Waals surface area contributed by atoms with Crippen molar-refractivity contribution in [3.63, 3.8) is 0 Å². The summed E-state index contributed by atoms with van der Waals surface area (Å²) in [6.07, 6.45) is 4.98. The summed E-state index contributed by atoms with van der Waals surface area (Å²) in [6.45, 7) is 7.80. The second kappa shape index (κ2) is 12.7. The Morgan fingerprint density at radius 2 is 1.63 bits per heavy atom. The molecule has 1 rings (SSSR count). The number of aldehydes is 1. The van der Waals surface area contributed by atoms with Crippen LogP contribution in [-0.4, -0.2) is 44.4 Å². The quantitative estimate of drug-likeness (QED) is 0.402. The van der Waals surface area contributed by atoms with E-state index in [4.69, 9.17) is 9.47 Å². The molecular weight excluding hydrogens is 384 g/mol. The fourth-order valence-corrected chi connectivity index (χ4v) is 2.93. The summed E-state index contributed by atoms with van der Waals surface area (Å²) in [5, 5.41) is 5.51. The van der Waals surface area contributed by atoms with Gasteiger partial charge in [0, 0.05) is 12.1 Å². The van der Waals surface area contributed by atoms with Gasteiger partial charge in [0.1, 0.15) is 23.8 Å². The molecular formula is C23H34N2O5. The number of benzene rings is 1. The molecule has 0 aliphatic carbocycles. The molecule has 0 aliphatic rings. The molecule has 3 atom stereocenters. The minimum atomic E-state index is -0.735. The fourth-order valence-electron chi connectivity index (χ4n) is 2.93. The van der Waals surface area contributed by atoms with Crippen molar-refractivity contribution in [2.45, 2.75) is 52.6 Å². The summed E-state index contributed by atoms with van der Waals surface area (Å²) >= 11 is 0. The van der Waals surface area contributed by atoms with Gasteiger partial charge in [-0.2, -0.15) is 0 Å². The normalized spacial score (nSPS) is 14.1. The Morgan fingerprint density at radius 3 is 2.10 bits per heavy atom. The zero-order valence-corrected chi connectivity index (χ0v) is 18.7. The average Bonchev–Trinajstić information content (AvgIpc) is 2.74. The third kappa shape index (κ3) is 8.27. The molecule has 3 unspecified atom stereocenters. The van der Waals surface area contributed by atoms with Gasteiger partial charge >= 0.3 is 0 Å². The largest absolute Gasteiger partial charge is 0.497 e. The molecule has 2 amide bonds. The molecule has 0 spiro atoms. The van der Waals surface area contributed by atoms with Gasteiger partial charge in [-0.25, -0.2) is 0 Å². The van der Waals surface area contributed by atoms with Crippen LogP contribution in [0.1, 0.15) is 46.1 Å². The number of nitrogens with one attached hydrogen (secondary N) is 2. The van der Waals surface area contributed by atoms with E-state index in [-0.39, 0.29) is 17.7 Å². The highest BCUT2D eigenvalue weighted by molar-refractivity contribution is 5.96. The average molecular weight is 419 g/mol. The van der Waals surface area contributed by atoms with Crippen molar-refractivity contribution in [1.82, 2.24) is 10.6 Å². The van der Waals surface area contributed by atoms with Gasteiger partial charge in [-0.3, -0.25) is 9.59 Å². The van der Waals surface area contributed by atoms with Crippen molar-refractivity contribution >= 4 is 24.2 Å². The smallest absolute Gasteiger partial charge is 0.244 e. The van der Waals surface area contributed by atoms with Crippen LogP contribution in [-0.2, 0) is 14.4 Å². The highest BCUT2D eigenvalue weighted by Gasteiger charge is 2.27. The lowest BCUT2D eigenvalue weighted by Crippen LogP contribution is -2.52. The van der Waals surface area contributed by atoms with Crippen LogP contribution in [0.15, 0.2) is 24.3 Å². The van der Waals surface area contributed by atoms with Crippen molar-refractivity contribution in [2.24, 2.45) is 11.8 Å². The Kier molecular flexibility index (Phi) is 10.6. The second-order valence-corrected chi connectivity index (χ2v) is 7.73. The lowest BCUT2D eigenvalue weighted by molar-refractivity contribution is -0.130. The van der Waals surface area contributed by atoms with Crippen molar-refractivity contribution in [3.8, 4) is 11.5 Å². The zero-order chi connectivity index (χ0) is 22.7. The standard InChI is InChI=1S/C23H34N2O5/c1-7-16(4)22(23(28)24-18(14-26)10-15(2)3)25-21(27)9-8-17-11-19(29-5)13-20(12-17)30-6/h8-9,11-16,18,22H,7,10H2,1-6H3,(H,24,28)(H,25,27)/b9-8+. The number of methoxy groups -OCH3 is 2. The lowest BCUT2D eigenvalue weighted by atomic mass is 9.97. The summed E-state index contributed by atoms with van der Waals surface area (Å²) in [6, 6.07) is 3.97. The summed E-state index contributed by atoms with van der Waals surface area (Å²) in [5.74, 6) is 0.633. The highest BCUT2D eigenvalue weighted by Crippen LogP contribution is 2.23. The summed E-state index contributed by atoms with van der Waals surface area (Å²) in [4.78, 5) is 36.5. The van der Waals surface area contributed by atoms with E-state index in [0.717, 1.165) is 11.8 Å². The van der Waals surface area contributed by atoms with Gasteiger partial charge < -0.3 is 24.9 Å². The van der Waals surface area contributed by atoms with Gasteiger partial charge in [-0.1, -0.05) is 34.1 Å². The highest BCUT2D eigenvalue weighted by atomic mass is 16.5. The minimum Gasteiger partial charge on any atom is -0.497 e. The van der Waals surface area contributed by atoms with E-state index in [1.54, 1.807) is 38.5 Å². The van der Waals surface area contributed by atoms with Gasteiger partial charge in [-0.05, 0) is 42.0 Å². The van der Waals surface area contributed by atoms with Crippen molar-refractivity contribution < 1.29 is 23.9 Å². The molecule has 7 nitrogen and oxygen atoms in total. The first-order valence-corrected chi connectivity index (χ1v) is 10.2. The number of hydrogen-bond donors (Lipinski definition) is 2. The van der Waals surface area contributed by atoms with Gasteiger partial charge in [0.2, 0.25) is 11.8 Å². The topological polar surface area (TPSA) is 93.7 Å². The lowest BCUT2D eigenvalue weighted by Gasteiger charge is -2.25. The maximum absolute atomic E-state index is 12.7. The van der Waals surface area contributed by atoms with Gasteiger partial charge in [0.15, 0.2) is 0 Å². The molecule has 0 radical (unpaired) electrons. The summed E-state index contributed by atoms with van der Waals surface area (Å²) < 4.78 is 10.5. The predicted molar refractivity (Wildman–Crippen MR) is 117 cm³/mol. The monoisotopic (exact) mass is 418 g/mol. The molecule has 30 heavy (non-hydrogen) atoms. The van der Waals surface area contributed by atoms with E-state index in [0.29, 0.717) is 24.3 Å². The van der Waals surface area contributed by atoms with E-state index in [1.807, 2.05) is 27.7 Å². The molecule has 0 aromatic heterocycles. The van der Waals surface area contributed by atoms with Crippen LogP contribution in [0.2, 0.25) is 0 Å². The molecule has 0 heterocycles. The zero-order valence-electron chi connectivity index (χ0n) is 18.7. The summed E-state index contributed by atoms with van der Waals surface area (Å²) in [5.41, 5.74) is 0.726. The van der Waals surface area contributed by atoms with Crippen molar-refractivity contribution in [3.05, 3.63) is 29.8 Å². The number of carbonyl (C=O) groups is 3. The van der Waals surface area contributed by atoms with Crippen LogP contribution in [0.5, 0.6) is 11.5 Å². The maximum Gasteiger partial charge on any atom is 0.244 e. The fraction of sp³-hybridized carbons (Fsp3) is 0.522. The Hall–Kier alpha value is -2.83. The van der Waals surface area contributed by atoms with Gasteiger partial charge in [-0.15, -0.1) is 0 Å². The van der Waals surface area contributed by atoms with E-state index in [1.165, 1.54) is 6.08 Å². The van der Waals surface area contributed by atoms with Crippen LogP contribution in [0.3, 0.4) is 0 Å². The first-order chi connectivity index (χ1) is 14.2. The maximum atomic E-state index is 12.7. The summed E-state index contributed by atoms with van der Waals surface area (Å²) in [7, 11) is 3.10. The first kappa shape index (κ1) is 25.2. The molecule has 0 fully saturated rings. The van der Waals surface area contributed by atoms with E-state index in [9.17, 15) is 14.4 Å². The Balaban J connectivity index is 2.90. The Labute approximate surface area is 179 Å². The van der Waals surface area contributed by atoms with Crippen LogP contribution >= 0.6 is 0 Å². The Bertz CT molecular complexity index is 723. The Morgan fingerprint density at radius 1 is 1.03 bits per heavy atom. The SMILES string of the molecule is CCC(C)C(NC(=O)/C=C/c1cc(OC)cc(OC)c1)C(=O)NC(C=O)CC(C)C. The molecule has 2 N–H and O–H groups in total. The molecule has 0 bridgehead atoms. The van der Waals surface area contributed by atoms with Gasteiger partial charge in [0.25, 0.3) is 0 Å². The van der Waals surface area contributed by atoms with Crippen LogP contribution in [0.25, 0.3) is 6.08 Å². The van der Waals surface area contributed by atoms with Crippen LogP contribution in [0.4, 0.5) is 0 Å².